The van der Waals surface area contributed by atoms with Gasteiger partial charge in [0, 0.05) is 18.0 Å². The molecule has 1 heterocycles. The molecule has 3 heteroatoms. The average molecular weight is 258 g/mol. The highest BCUT2D eigenvalue weighted by Gasteiger charge is 2.04. The van der Waals surface area contributed by atoms with Gasteiger partial charge in [0.1, 0.15) is 0 Å². The molecule has 0 aliphatic carbocycles. The van der Waals surface area contributed by atoms with Crippen LogP contribution in [0.1, 0.15) is 30.5 Å². The molecule has 1 aromatic heterocycles. The molecule has 0 aliphatic rings. The Bertz CT molecular complexity index is 468. The molecule has 2 rings (SSSR count). The molecule has 2 N–H and O–H groups in total. The van der Waals surface area contributed by atoms with Crippen molar-refractivity contribution in [2.75, 3.05) is 0 Å². The van der Waals surface area contributed by atoms with Crippen molar-refractivity contribution in [2.24, 2.45) is 5.73 Å². The Morgan fingerprint density at radius 1 is 1.17 bits per heavy atom. The molecule has 0 unspecified atom stereocenters. The van der Waals surface area contributed by atoms with Gasteiger partial charge in [0.05, 0.1) is 5.03 Å². The van der Waals surface area contributed by atoms with Gasteiger partial charge in [0.25, 0.3) is 0 Å². The van der Waals surface area contributed by atoms with Crippen LogP contribution in [0.2, 0.25) is 0 Å². The molecule has 0 radical (unpaired) electrons. The van der Waals surface area contributed by atoms with Gasteiger partial charge in [-0.15, -0.1) is 11.8 Å². The number of benzene rings is 1. The van der Waals surface area contributed by atoms with Gasteiger partial charge in [0.15, 0.2) is 0 Å². The van der Waals surface area contributed by atoms with Crippen molar-refractivity contribution in [1.29, 1.82) is 0 Å². The minimum atomic E-state index is 0.102. The Morgan fingerprint density at radius 3 is 2.56 bits per heavy atom. The molecule has 0 saturated carbocycles. The summed E-state index contributed by atoms with van der Waals surface area (Å²) in [5.41, 5.74) is 8.39. The highest BCUT2D eigenvalue weighted by Crippen LogP contribution is 2.22. The maximum atomic E-state index is 5.96. The van der Waals surface area contributed by atoms with E-state index >= 15 is 0 Å². The van der Waals surface area contributed by atoms with Crippen molar-refractivity contribution in [2.45, 2.75) is 30.2 Å². The van der Waals surface area contributed by atoms with Crippen molar-refractivity contribution in [3.63, 3.8) is 0 Å². The van der Waals surface area contributed by atoms with Crippen LogP contribution >= 0.6 is 11.8 Å². The maximum absolute atomic E-state index is 5.96. The molecule has 1 aromatic carbocycles. The molecular formula is C15H18N2S. The van der Waals surface area contributed by atoms with E-state index in [1.165, 1.54) is 5.56 Å². The molecule has 0 bridgehead atoms. The topological polar surface area (TPSA) is 38.9 Å². The van der Waals surface area contributed by atoms with Gasteiger partial charge < -0.3 is 5.73 Å². The molecule has 0 spiro atoms. The van der Waals surface area contributed by atoms with Gasteiger partial charge in [0.2, 0.25) is 0 Å². The lowest BCUT2D eigenvalue weighted by molar-refractivity contribution is 0.693. The van der Waals surface area contributed by atoms with E-state index in [1.54, 1.807) is 11.8 Å². The predicted molar refractivity (Wildman–Crippen MR) is 77.5 cm³/mol. The fourth-order valence-electron chi connectivity index (χ4n) is 1.66. The van der Waals surface area contributed by atoms with Crippen LogP contribution < -0.4 is 5.73 Å². The van der Waals surface area contributed by atoms with Gasteiger partial charge in [-0.3, -0.25) is 0 Å². The predicted octanol–water partition coefficient (Wildman–Crippen LogP) is 3.78. The van der Waals surface area contributed by atoms with E-state index < -0.39 is 0 Å². The summed E-state index contributed by atoms with van der Waals surface area (Å²) < 4.78 is 0. The summed E-state index contributed by atoms with van der Waals surface area (Å²) in [6, 6.07) is 14.7. The van der Waals surface area contributed by atoms with E-state index in [4.69, 9.17) is 5.73 Å². The average Bonchev–Trinajstić information content (AvgIpc) is 2.46. The summed E-state index contributed by atoms with van der Waals surface area (Å²) in [5, 5.41) is 1.05. The molecule has 94 valence electrons. The minimum absolute atomic E-state index is 0.102. The van der Waals surface area contributed by atoms with E-state index in [-0.39, 0.29) is 6.04 Å². The van der Waals surface area contributed by atoms with E-state index in [9.17, 15) is 0 Å². The third kappa shape index (κ3) is 3.59. The van der Waals surface area contributed by atoms with Crippen LogP contribution in [0, 0.1) is 0 Å². The molecule has 1 atom stereocenters. The summed E-state index contributed by atoms with van der Waals surface area (Å²) >= 11 is 1.75. The van der Waals surface area contributed by atoms with E-state index in [1.807, 2.05) is 12.3 Å². The maximum Gasteiger partial charge on any atom is 0.0963 e. The number of hydrogen-bond donors (Lipinski definition) is 1. The van der Waals surface area contributed by atoms with Gasteiger partial charge in [-0.05, 0) is 23.6 Å². The van der Waals surface area contributed by atoms with Crippen molar-refractivity contribution in [1.82, 2.24) is 4.98 Å². The molecule has 0 saturated heterocycles. The van der Waals surface area contributed by atoms with Crippen molar-refractivity contribution < 1.29 is 0 Å². The molecular weight excluding hydrogens is 240 g/mol. The monoisotopic (exact) mass is 258 g/mol. The summed E-state index contributed by atoms with van der Waals surface area (Å²) in [7, 11) is 0. The van der Waals surface area contributed by atoms with Crippen LogP contribution in [0.5, 0.6) is 0 Å². The SMILES string of the molecule is CC[C@@H](N)c1ccc(SCc2ccccc2)nc1. The number of aromatic nitrogens is 1. The lowest BCUT2D eigenvalue weighted by atomic mass is 10.1. The van der Waals surface area contributed by atoms with Crippen LogP contribution in [0.4, 0.5) is 0 Å². The number of thioether (sulfide) groups is 1. The van der Waals surface area contributed by atoms with E-state index in [0.29, 0.717) is 0 Å². The molecule has 2 nitrogen and oxygen atoms in total. The fourth-order valence-corrected chi connectivity index (χ4v) is 2.46. The van der Waals surface area contributed by atoms with Crippen LogP contribution in [0.3, 0.4) is 0 Å². The Labute approximate surface area is 113 Å². The zero-order valence-corrected chi connectivity index (χ0v) is 11.4. The summed E-state index contributed by atoms with van der Waals surface area (Å²) in [5.74, 6) is 0.951. The smallest absolute Gasteiger partial charge is 0.0963 e. The summed E-state index contributed by atoms with van der Waals surface area (Å²) in [4.78, 5) is 4.45. The largest absolute Gasteiger partial charge is 0.324 e. The summed E-state index contributed by atoms with van der Waals surface area (Å²) in [6.45, 7) is 2.09. The first-order valence-electron chi connectivity index (χ1n) is 6.18. The third-order valence-corrected chi connectivity index (χ3v) is 3.87. The van der Waals surface area contributed by atoms with E-state index in [0.717, 1.165) is 22.8 Å². The highest BCUT2D eigenvalue weighted by molar-refractivity contribution is 7.98. The molecule has 0 aliphatic heterocycles. The Kier molecular flexibility index (Phi) is 4.79. The van der Waals surface area contributed by atoms with Crippen LogP contribution in [-0.4, -0.2) is 4.98 Å². The number of nitrogens with two attached hydrogens (primary N) is 1. The van der Waals surface area contributed by atoms with Crippen LogP contribution in [0.15, 0.2) is 53.7 Å². The standard InChI is InChI=1S/C15H18N2S/c1-2-14(16)13-8-9-15(17-10-13)18-11-12-6-4-3-5-7-12/h3-10,14H,2,11,16H2,1H3/t14-/m1/s1. The van der Waals surface area contributed by atoms with Crippen LogP contribution in [0.25, 0.3) is 0 Å². The second kappa shape index (κ2) is 6.57. The van der Waals surface area contributed by atoms with Crippen molar-refractivity contribution >= 4 is 11.8 Å². The lowest BCUT2D eigenvalue weighted by Crippen LogP contribution is -2.08. The third-order valence-electron chi connectivity index (χ3n) is 2.86. The van der Waals surface area contributed by atoms with Crippen LogP contribution in [-0.2, 0) is 5.75 Å². The second-order valence-electron chi connectivity index (χ2n) is 4.22. The minimum Gasteiger partial charge on any atom is -0.324 e. The first kappa shape index (κ1) is 13.1. The second-order valence-corrected chi connectivity index (χ2v) is 5.21. The zero-order chi connectivity index (χ0) is 12.8. The first-order valence-corrected chi connectivity index (χ1v) is 7.16. The number of rotatable bonds is 5. The van der Waals surface area contributed by atoms with Crippen molar-refractivity contribution in [3.8, 4) is 0 Å². The zero-order valence-electron chi connectivity index (χ0n) is 10.5. The Morgan fingerprint density at radius 2 is 1.94 bits per heavy atom. The van der Waals surface area contributed by atoms with Gasteiger partial charge in [-0.25, -0.2) is 4.98 Å². The molecule has 18 heavy (non-hydrogen) atoms. The lowest BCUT2D eigenvalue weighted by Gasteiger charge is -2.09. The summed E-state index contributed by atoms with van der Waals surface area (Å²) in [6.07, 6.45) is 2.83. The van der Waals surface area contributed by atoms with Gasteiger partial charge >= 0.3 is 0 Å². The number of nitrogens with zero attached hydrogens (tertiary/aromatic N) is 1. The normalized spacial score (nSPS) is 12.3. The quantitative estimate of drug-likeness (QED) is 0.829. The van der Waals surface area contributed by atoms with Gasteiger partial charge in [-0.2, -0.15) is 0 Å². The Hall–Kier alpha value is -1.32. The first-order chi connectivity index (χ1) is 8.79. The molecule has 2 aromatic rings. The number of hydrogen-bond acceptors (Lipinski definition) is 3. The van der Waals surface area contributed by atoms with E-state index in [2.05, 4.69) is 48.3 Å². The van der Waals surface area contributed by atoms with Crippen molar-refractivity contribution in [3.05, 3.63) is 59.8 Å². The number of pyridine rings is 1. The Balaban J connectivity index is 1.94. The molecule has 0 fully saturated rings. The molecule has 0 amide bonds. The highest BCUT2D eigenvalue weighted by atomic mass is 32.2. The van der Waals surface area contributed by atoms with Gasteiger partial charge in [-0.1, -0.05) is 43.3 Å². The fraction of sp³-hybridized carbons (Fsp3) is 0.267.